The number of ether oxygens (including phenoxy) is 1. The number of carboxylic acid groups (broad SMARTS) is 1. The quantitative estimate of drug-likeness (QED) is 0.357. The molecule has 248 valence electrons. The third-order valence-electron chi connectivity index (χ3n) is 7.45. The summed E-state index contributed by atoms with van der Waals surface area (Å²) in [6.07, 6.45) is -6.92. The molecule has 1 aromatic heterocycles. The number of hydrogen-bond acceptors (Lipinski definition) is 7. The van der Waals surface area contributed by atoms with E-state index in [-0.39, 0.29) is 53.9 Å². The van der Waals surface area contributed by atoms with E-state index in [0.29, 0.717) is 5.69 Å². The minimum absolute atomic E-state index is 0.0107. The van der Waals surface area contributed by atoms with Crippen LogP contribution in [-0.2, 0) is 28.8 Å². The Kier molecular flexibility index (Phi) is 9.64. The number of piperidine rings is 1. The number of likely N-dealkylation sites (tertiary alicyclic amines) is 1. The maximum absolute atomic E-state index is 14.6. The molecule has 0 saturated carbocycles. The van der Waals surface area contributed by atoms with Gasteiger partial charge in [0.05, 0.1) is 22.5 Å². The van der Waals surface area contributed by atoms with Crippen LogP contribution in [0.15, 0.2) is 41.2 Å². The van der Waals surface area contributed by atoms with Crippen molar-refractivity contribution in [2.45, 2.75) is 71.2 Å². The molecular formula is C31H35F4N5O6. The van der Waals surface area contributed by atoms with E-state index in [0.717, 1.165) is 16.7 Å². The summed E-state index contributed by atoms with van der Waals surface area (Å²) in [5, 5.41) is 11.5. The van der Waals surface area contributed by atoms with Gasteiger partial charge >= 0.3 is 18.2 Å². The molecule has 46 heavy (non-hydrogen) atoms. The number of benzene rings is 2. The zero-order valence-corrected chi connectivity index (χ0v) is 25.9. The first-order chi connectivity index (χ1) is 21.3. The molecule has 0 aliphatic carbocycles. The van der Waals surface area contributed by atoms with Crippen molar-refractivity contribution >= 4 is 34.6 Å². The standard InChI is InChI=1S/C31H35F4N5O6/c1-17-36-24-13-22(31(33,34)35)19(12-21(24)28(44)40(17)16-26(41)42)14-38(5)20-8-6-18(7-9-20)27(43)39-11-10-23(32)25(15-39)37-29(45)46-30(2,3)4/h6-9,12-13,23,25H,10-11,14-16H2,1-5H3,(H,37,45)(H,41,42)/t23-,25-/m0/s1. The van der Waals surface area contributed by atoms with Gasteiger partial charge in [0, 0.05) is 37.9 Å². The minimum atomic E-state index is -4.77. The van der Waals surface area contributed by atoms with Crippen molar-refractivity contribution < 1.29 is 41.8 Å². The Balaban J connectivity index is 1.54. The van der Waals surface area contributed by atoms with Crippen LogP contribution in [0.1, 0.15) is 54.5 Å². The molecule has 2 aromatic carbocycles. The lowest BCUT2D eigenvalue weighted by molar-refractivity contribution is -0.138. The zero-order valence-electron chi connectivity index (χ0n) is 25.9. The molecule has 15 heteroatoms. The summed E-state index contributed by atoms with van der Waals surface area (Å²) in [5.41, 5.74) is -2.26. The maximum Gasteiger partial charge on any atom is 0.416 e. The van der Waals surface area contributed by atoms with Crippen molar-refractivity contribution in [3.05, 3.63) is 69.3 Å². The smallest absolute Gasteiger partial charge is 0.416 e. The largest absolute Gasteiger partial charge is 0.480 e. The highest BCUT2D eigenvalue weighted by atomic mass is 19.4. The van der Waals surface area contributed by atoms with Crippen molar-refractivity contribution in [2.75, 3.05) is 25.0 Å². The number of fused-ring (bicyclic) bond motifs is 1. The third-order valence-corrected chi connectivity index (χ3v) is 7.45. The van der Waals surface area contributed by atoms with Gasteiger partial charge in [-0.15, -0.1) is 0 Å². The predicted octanol–water partition coefficient (Wildman–Crippen LogP) is 4.52. The van der Waals surface area contributed by atoms with Crippen LogP contribution in [0.25, 0.3) is 10.9 Å². The molecular weight excluding hydrogens is 614 g/mol. The molecule has 2 atom stereocenters. The number of aryl methyl sites for hydroxylation is 1. The molecule has 1 saturated heterocycles. The van der Waals surface area contributed by atoms with Gasteiger partial charge in [-0.2, -0.15) is 13.2 Å². The lowest BCUT2D eigenvalue weighted by Crippen LogP contribution is -2.55. The molecule has 0 unspecified atom stereocenters. The highest BCUT2D eigenvalue weighted by molar-refractivity contribution is 5.94. The second-order valence-corrected chi connectivity index (χ2v) is 12.2. The van der Waals surface area contributed by atoms with E-state index in [1.807, 2.05) is 0 Å². The molecule has 2 N–H and O–H groups in total. The van der Waals surface area contributed by atoms with Crippen LogP contribution in [0, 0.1) is 6.92 Å². The molecule has 2 heterocycles. The minimum Gasteiger partial charge on any atom is -0.480 e. The van der Waals surface area contributed by atoms with Gasteiger partial charge in [0.1, 0.15) is 24.1 Å². The molecule has 0 spiro atoms. The summed E-state index contributed by atoms with van der Waals surface area (Å²) in [7, 11) is 1.54. The van der Waals surface area contributed by atoms with Crippen molar-refractivity contribution in [1.82, 2.24) is 19.8 Å². The predicted molar refractivity (Wildman–Crippen MR) is 161 cm³/mol. The number of nitrogens with zero attached hydrogens (tertiary/aromatic N) is 4. The number of halogens is 4. The number of carbonyl (C=O) groups is 3. The number of aliphatic carboxylic acids is 1. The Bertz CT molecular complexity index is 1700. The number of hydrogen-bond donors (Lipinski definition) is 2. The first-order valence-corrected chi connectivity index (χ1v) is 14.4. The number of carboxylic acids is 1. The molecule has 2 amide bonds. The number of alkyl halides is 4. The molecule has 1 aliphatic rings. The van der Waals surface area contributed by atoms with Crippen LogP contribution < -0.4 is 15.8 Å². The highest BCUT2D eigenvalue weighted by Crippen LogP contribution is 2.35. The molecule has 3 aromatic rings. The van der Waals surface area contributed by atoms with Gasteiger partial charge in [0.15, 0.2) is 0 Å². The fourth-order valence-electron chi connectivity index (χ4n) is 5.23. The van der Waals surface area contributed by atoms with Crippen LogP contribution >= 0.6 is 0 Å². The fourth-order valence-corrected chi connectivity index (χ4v) is 5.23. The summed E-state index contributed by atoms with van der Waals surface area (Å²) in [6.45, 7) is 5.43. The molecule has 1 fully saturated rings. The SMILES string of the molecule is Cc1nc2cc(C(F)(F)F)c(CN(C)c3ccc(C(=O)N4CC[C@H](F)[C@@H](NC(=O)OC(C)(C)C)C4)cc3)cc2c(=O)n1CC(=O)O. The van der Waals surface area contributed by atoms with E-state index < -0.39 is 59.6 Å². The lowest BCUT2D eigenvalue weighted by Gasteiger charge is -2.35. The molecule has 4 rings (SSSR count). The van der Waals surface area contributed by atoms with Crippen LogP contribution in [0.2, 0.25) is 0 Å². The average molecular weight is 650 g/mol. The Morgan fingerprint density at radius 2 is 1.78 bits per heavy atom. The van der Waals surface area contributed by atoms with E-state index in [1.165, 1.54) is 35.9 Å². The Hall–Kier alpha value is -4.69. The van der Waals surface area contributed by atoms with E-state index >= 15 is 0 Å². The number of rotatable bonds is 7. The third kappa shape index (κ3) is 7.93. The summed E-state index contributed by atoms with van der Waals surface area (Å²) in [6, 6.07) is 6.98. The monoisotopic (exact) mass is 649 g/mol. The van der Waals surface area contributed by atoms with Crippen LogP contribution in [0.4, 0.5) is 28.0 Å². The second-order valence-electron chi connectivity index (χ2n) is 12.2. The Labute approximate surface area is 261 Å². The first-order valence-electron chi connectivity index (χ1n) is 14.4. The topological polar surface area (TPSA) is 134 Å². The first kappa shape index (κ1) is 34.2. The molecule has 1 aliphatic heterocycles. The van der Waals surface area contributed by atoms with Crippen molar-refractivity contribution in [3.8, 4) is 0 Å². The van der Waals surface area contributed by atoms with Gasteiger partial charge in [-0.1, -0.05) is 0 Å². The molecule has 0 bridgehead atoms. The van der Waals surface area contributed by atoms with Crippen LogP contribution in [-0.4, -0.2) is 75.5 Å². The molecule has 11 nitrogen and oxygen atoms in total. The van der Waals surface area contributed by atoms with Crippen molar-refractivity contribution in [2.24, 2.45) is 0 Å². The normalized spacial score (nSPS) is 17.1. The maximum atomic E-state index is 14.6. The van der Waals surface area contributed by atoms with Gasteiger partial charge in [-0.25, -0.2) is 14.2 Å². The van der Waals surface area contributed by atoms with Gasteiger partial charge in [-0.3, -0.25) is 19.0 Å². The summed E-state index contributed by atoms with van der Waals surface area (Å²) in [5.74, 6) is -1.74. The Morgan fingerprint density at radius 3 is 2.37 bits per heavy atom. The lowest BCUT2D eigenvalue weighted by atomic mass is 10.0. The van der Waals surface area contributed by atoms with E-state index in [4.69, 9.17) is 9.84 Å². The van der Waals surface area contributed by atoms with Crippen molar-refractivity contribution in [3.63, 3.8) is 0 Å². The van der Waals surface area contributed by atoms with Gasteiger partial charge in [-0.05, 0) is 76.1 Å². The number of aromatic nitrogens is 2. The average Bonchev–Trinajstić information content (AvgIpc) is 2.94. The number of alkyl carbamates (subject to hydrolysis) is 1. The summed E-state index contributed by atoms with van der Waals surface area (Å²) in [4.78, 5) is 56.6. The summed E-state index contributed by atoms with van der Waals surface area (Å²) >= 11 is 0. The number of nitrogens with one attached hydrogen (secondary N) is 1. The Morgan fingerprint density at radius 1 is 1.13 bits per heavy atom. The number of amides is 2. The highest BCUT2D eigenvalue weighted by Gasteiger charge is 2.36. The summed E-state index contributed by atoms with van der Waals surface area (Å²) < 4.78 is 62.9. The van der Waals surface area contributed by atoms with Gasteiger partial charge in [0.2, 0.25) is 0 Å². The number of carbonyl (C=O) groups excluding carboxylic acids is 2. The zero-order chi connectivity index (χ0) is 34.1. The van der Waals surface area contributed by atoms with Crippen LogP contribution in [0.5, 0.6) is 0 Å². The van der Waals surface area contributed by atoms with Crippen molar-refractivity contribution in [1.29, 1.82) is 0 Å². The number of anilines is 1. The van der Waals surface area contributed by atoms with E-state index in [2.05, 4.69) is 10.3 Å². The van der Waals surface area contributed by atoms with E-state index in [1.54, 1.807) is 32.9 Å². The van der Waals surface area contributed by atoms with Gasteiger partial charge in [0.25, 0.3) is 11.5 Å². The van der Waals surface area contributed by atoms with Crippen LogP contribution in [0.3, 0.4) is 0 Å². The second kappa shape index (κ2) is 13.0. The van der Waals surface area contributed by atoms with E-state index in [9.17, 15) is 36.7 Å². The molecule has 0 radical (unpaired) electrons. The van der Waals surface area contributed by atoms with Gasteiger partial charge < -0.3 is 25.0 Å². The fraction of sp³-hybridized carbons (Fsp3) is 0.452.